The predicted octanol–water partition coefficient (Wildman–Crippen LogP) is 1.13. The van der Waals surface area contributed by atoms with Crippen molar-refractivity contribution in [3.05, 3.63) is 54.3 Å². The van der Waals surface area contributed by atoms with Gasteiger partial charge in [0.1, 0.15) is 5.84 Å². The molecule has 0 atom stereocenters. The zero-order valence-corrected chi connectivity index (χ0v) is 15.4. The Bertz CT molecular complexity index is 860. The van der Waals surface area contributed by atoms with E-state index in [9.17, 15) is 13.2 Å². The predicted molar refractivity (Wildman–Crippen MR) is 102 cm³/mol. The first-order valence-electron chi connectivity index (χ1n) is 8.48. The third kappa shape index (κ3) is 4.51. The number of carbonyl (C=O) groups is 1. The maximum Gasteiger partial charge on any atom is 0.256 e. The molecule has 3 rings (SSSR count). The number of sulfonamides is 1. The van der Waals surface area contributed by atoms with E-state index in [1.807, 2.05) is 37.4 Å². The largest absolute Gasteiger partial charge is 0.375 e. The summed E-state index contributed by atoms with van der Waals surface area (Å²) in [7, 11) is -1.36. The van der Waals surface area contributed by atoms with Crippen LogP contribution < -0.4 is 10.2 Å². The molecule has 2 aliphatic rings. The summed E-state index contributed by atoms with van der Waals surface area (Å²) in [4.78, 5) is 16.1. The molecule has 0 spiro atoms. The molecule has 1 aromatic carbocycles. The topological polar surface area (TPSA) is 82.1 Å². The third-order valence-corrected chi connectivity index (χ3v) is 5.40. The lowest BCUT2D eigenvalue weighted by molar-refractivity contribution is -0.117. The number of hydrogen-bond donors (Lipinski definition) is 1. The van der Waals surface area contributed by atoms with Crippen molar-refractivity contribution in [1.29, 1.82) is 0 Å². The summed E-state index contributed by atoms with van der Waals surface area (Å²) in [5.41, 5.74) is 1.64. The second-order valence-corrected chi connectivity index (χ2v) is 7.97. The molecule has 0 saturated carbocycles. The molecule has 8 heteroatoms. The summed E-state index contributed by atoms with van der Waals surface area (Å²) in [5, 5.41) is 2.90. The van der Waals surface area contributed by atoms with E-state index < -0.39 is 10.0 Å². The molecule has 0 unspecified atom stereocenters. The molecule has 0 aliphatic carbocycles. The number of para-hydroxylation sites is 1. The Kier molecular flexibility index (Phi) is 5.41. The van der Waals surface area contributed by atoms with Crippen LogP contribution >= 0.6 is 0 Å². The first-order chi connectivity index (χ1) is 12.4. The van der Waals surface area contributed by atoms with Crippen LogP contribution in [0.2, 0.25) is 0 Å². The smallest absolute Gasteiger partial charge is 0.256 e. The number of amidine groups is 1. The first kappa shape index (κ1) is 18.2. The van der Waals surface area contributed by atoms with E-state index in [0.717, 1.165) is 18.7 Å². The summed E-state index contributed by atoms with van der Waals surface area (Å²) in [5.74, 6) is 0.148. The van der Waals surface area contributed by atoms with Crippen LogP contribution in [0, 0.1) is 0 Å². The van der Waals surface area contributed by atoms with E-state index in [-0.39, 0.29) is 11.7 Å². The summed E-state index contributed by atoms with van der Waals surface area (Å²) >= 11 is 0. The number of carbonyl (C=O) groups excluding carboxylic acids is 1. The standard InChI is InChI=1S/C18H22N4O3S/c1-21(16-6-3-2-4-7-16)11-5-10-19-18(23)15-8-9-17-20-26(24,25)13-12-22(17)14-15/h2-4,6-9,14H,5,10-13H2,1H3,(H,19,23). The Labute approximate surface area is 153 Å². The fourth-order valence-electron chi connectivity index (χ4n) is 2.77. The second-order valence-electron chi connectivity index (χ2n) is 6.21. The van der Waals surface area contributed by atoms with Crippen molar-refractivity contribution in [3.8, 4) is 0 Å². The molecule has 1 N–H and O–H groups in total. The number of rotatable bonds is 6. The van der Waals surface area contributed by atoms with Crippen molar-refractivity contribution in [3.63, 3.8) is 0 Å². The minimum absolute atomic E-state index is 0.0401. The fourth-order valence-corrected chi connectivity index (χ4v) is 3.74. The first-order valence-corrected chi connectivity index (χ1v) is 10.1. The quantitative estimate of drug-likeness (QED) is 0.755. The van der Waals surface area contributed by atoms with Gasteiger partial charge in [-0.1, -0.05) is 18.2 Å². The molecule has 0 radical (unpaired) electrons. The Hall–Kier alpha value is -2.61. The fraction of sp³-hybridized carbons (Fsp3) is 0.333. The zero-order valence-electron chi connectivity index (χ0n) is 14.6. The average Bonchev–Trinajstić information content (AvgIpc) is 2.64. The molecule has 0 saturated heterocycles. The van der Waals surface area contributed by atoms with Gasteiger partial charge in [0.15, 0.2) is 0 Å². The summed E-state index contributed by atoms with van der Waals surface area (Å²) in [6.07, 6.45) is 5.64. The molecule has 0 bridgehead atoms. The van der Waals surface area contributed by atoms with Crippen LogP contribution in [-0.2, 0) is 14.8 Å². The number of benzene rings is 1. The van der Waals surface area contributed by atoms with E-state index in [4.69, 9.17) is 0 Å². The van der Waals surface area contributed by atoms with Gasteiger partial charge in [-0.2, -0.15) is 0 Å². The Morgan fingerprint density at radius 3 is 2.81 bits per heavy atom. The second kappa shape index (κ2) is 7.74. The van der Waals surface area contributed by atoms with Crippen molar-refractivity contribution >= 4 is 27.5 Å². The molecule has 138 valence electrons. The van der Waals surface area contributed by atoms with Crippen LogP contribution in [0.3, 0.4) is 0 Å². The van der Waals surface area contributed by atoms with Gasteiger partial charge in [0.05, 0.1) is 11.3 Å². The molecule has 2 aliphatic heterocycles. The number of amides is 1. The molecule has 7 nitrogen and oxygen atoms in total. The van der Waals surface area contributed by atoms with Gasteiger partial charge >= 0.3 is 0 Å². The Morgan fingerprint density at radius 1 is 1.27 bits per heavy atom. The highest BCUT2D eigenvalue weighted by Gasteiger charge is 2.24. The summed E-state index contributed by atoms with van der Waals surface area (Å²) in [6, 6.07) is 10.1. The Morgan fingerprint density at radius 2 is 2.04 bits per heavy atom. The number of nitrogens with zero attached hydrogens (tertiary/aromatic N) is 3. The highest BCUT2D eigenvalue weighted by atomic mass is 32.2. The van der Waals surface area contributed by atoms with Crippen LogP contribution in [0.15, 0.2) is 58.7 Å². The van der Waals surface area contributed by atoms with Gasteiger partial charge in [-0.3, -0.25) is 4.79 Å². The molecule has 26 heavy (non-hydrogen) atoms. The molecule has 1 aromatic rings. The van der Waals surface area contributed by atoms with Crippen LogP contribution in [0.1, 0.15) is 6.42 Å². The average molecular weight is 374 g/mol. The van der Waals surface area contributed by atoms with E-state index in [0.29, 0.717) is 24.5 Å². The lowest BCUT2D eigenvalue weighted by Gasteiger charge is -2.27. The van der Waals surface area contributed by atoms with Crippen LogP contribution in [0.25, 0.3) is 0 Å². The zero-order chi connectivity index (χ0) is 18.6. The minimum Gasteiger partial charge on any atom is -0.375 e. The highest BCUT2D eigenvalue weighted by molar-refractivity contribution is 7.90. The van der Waals surface area contributed by atoms with Crippen LogP contribution in [0.5, 0.6) is 0 Å². The van der Waals surface area contributed by atoms with Crippen LogP contribution in [-0.4, -0.2) is 57.5 Å². The van der Waals surface area contributed by atoms with Gasteiger partial charge in [-0.05, 0) is 30.7 Å². The van der Waals surface area contributed by atoms with Gasteiger partial charge in [0.25, 0.3) is 15.9 Å². The van der Waals surface area contributed by atoms with Crippen molar-refractivity contribution < 1.29 is 13.2 Å². The monoisotopic (exact) mass is 374 g/mol. The van der Waals surface area contributed by atoms with Gasteiger partial charge in [0.2, 0.25) is 0 Å². The van der Waals surface area contributed by atoms with E-state index in [2.05, 4.69) is 14.6 Å². The lowest BCUT2D eigenvalue weighted by atomic mass is 10.1. The van der Waals surface area contributed by atoms with E-state index in [1.165, 1.54) is 0 Å². The lowest BCUT2D eigenvalue weighted by Crippen LogP contribution is -2.38. The minimum atomic E-state index is -3.38. The van der Waals surface area contributed by atoms with Gasteiger partial charge in [-0.25, -0.2) is 8.42 Å². The maximum atomic E-state index is 12.3. The van der Waals surface area contributed by atoms with Crippen molar-refractivity contribution in [1.82, 2.24) is 10.2 Å². The molecular formula is C18H22N4O3S. The van der Waals surface area contributed by atoms with Crippen LogP contribution in [0.4, 0.5) is 5.69 Å². The molecule has 0 fully saturated rings. The number of anilines is 1. The number of hydrogen-bond acceptors (Lipinski definition) is 5. The van der Waals surface area contributed by atoms with Gasteiger partial charge < -0.3 is 15.1 Å². The third-order valence-electron chi connectivity index (χ3n) is 4.24. The van der Waals surface area contributed by atoms with Gasteiger partial charge in [0, 0.05) is 38.6 Å². The molecule has 0 aromatic heterocycles. The van der Waals surface area contributed by atoms with Gasteiger partial charge in [-0.15, -0.1) is 4.40 Å². The number of fused-ring (bicyclic) bond motifs is 1. The molecular weight excluding hydrogens is 352 g/mol. The van der Waals surface area contributed by atoms with E-state index >= 15 is 0 Å². The van der Waals surface area contributed by atoms with E-state index in [1.54, 1.807) is 23.3 Å². The van der Waals surface area contributed by atoms with Crippen molar-refractivity contribution in [2.24, 2.45) is 4.40 Å². The summed E-state index contributed by atoms with van der Waals surface area (Å²) < 4.78 is 26.7. The Balaban J connectivity index is 1.48. The molecule has 2 heterocycles. The highest BCUT2D eigenvalue weighted by Crippen LogP contribution is 2.16. The normalized spacial score (nSPS) is 17.8. The van der Waals surface area contributed by atoms with Crippen molar-refractivity contribution in [2.45, 2.75) is 6.42 Å². The summed E-state index contributed by atoms with van der Waals surface area (Å²) in [6.45, 7) is 1.71. The number of nitrogens with one attached hydrogen (secondary N) is 1. The maximum absolute atomic E-state index is 12.3. The van der Waals surface area contributed by atoms with Crippen molar-refractivity contribution in [2.75, 3.05) is 37.3 Å². The SMILES string of the molecule is CN(CCCNC(=O)C1=CN2CCS(=O)(=O)N=C2C=C1)c1ccccc1. The molecule has 1 amide bonds.